The average molecular weight is 226 g/mol. The van der Waals surface area contributed by atoms with Crippen molar-refractivity contribution in [2.45, 2.75) is 33.2 Å². The molecule has 1 unspecified atom stereocenters. The van der Waals surface area contributed by atoms with E-state index in [2.05, 4.69) is 44.3 Å². The van der Waals surface area contributed by atoms with Gasteiger partial charge in [0.15, 0.2) is 0 Å². The monoisotopic (exact) mass is 225 g/mol. The van der Waals surface area contributed by atoms with Crippen molar-refractivity contribution >= 4 is 11.6 Å². The van der Waals surface area contributed by atoms with E-state index in [9.17, 15) is 0 Å². The van der Waals surface area contributed by atoms with Crippen LogP contribution in [0.15, 0.2) is 18.2 Å². The molecular formula is C13H20ClN. The van der Waals surface area contributed by atoms with Crippen molar-refractivity contribution in [3.05, 3.63) is 34.3 Å². The third kappa shape index (κ3) is 3.51. The van der Waals surface area contributed by atoms with Gasteiger partial charge in [-0.15, -0.1) is 0 Å². The van der Waals surface area contributed by atoms with Crippen molar-refractivity contribution in [2.24, 2.45) is 5.92 Å². The summed E-state index contributed by atoms with van der Waals surface area (Å²) in [5, 5.41) is 4.07. The van der Waals surface area contributed by atoms with Crippen LogP contribution in [0.2, 0.25) is 5.02 Å². The Morgan fingerprint density at radius 2 is 1.93 bits per heavy atom. The second-order valence-electron chi connectivity index (χ2n) is 4.46. The molecule has 1 aromatic carbocycles. The highest BCUT2D eigenvalue weighted by Gasteiger charge is 2.08. The van der Waals surface area contributed by atoms with Gasteiger partial charge in [-0.2, -0.15) is 0 Å². The second-order valence-corrected chi connectivity index (χ2v) is 4.87. The van der Waals surface area contributed by atoms with Crippen LogP contribution in [0.3, 0.4) is 0 Å². The highest BCUT2D eigenvalue weighted by molar-refractivity contribution is 6.31. The van der Waals surface area contributed by atoms with E-state index in [1.165, 1.54) is 11.1 Å². The molecule has 0 fully saturated rings. The predicted octanol–water partition coefficient (Wildman–Crippen LogP) is 3.82. The van der Waals surface area contributed by atoms with E-state index < -0.39 is 0 Å². The van der Waals surface area contributed by atoms with E-state index in [4.69, 9.17) is 11.6 Å². The van der Waals surface area contributed by atoms with Crippen LogP contribution in [0.5, 0.6) is 0 Å². The number of nitrogens with one attached hydrogen (secondary N) is 1. The molecule has 0 aromatic heterocycles. The van der Waals surface area contributed by atoms with Gasteiger partial charge < -0.3 is 5.32 Å². The third-order valence-corrected chi connectivity index (χ3v) is 2.94. The van der Waals surface area contributed by atoms with Crippen molar-refractivity contribution in [1.82, 2.24) is 5.32 Å². The zero-order valence-electron chi connectivity index (χ0n) is 9.97. The quantitative estimate of drug-likeness (QED) is 0.822. The van der Waals surface area contributed by atoms with Gasteiger partial charge in [0.1, 0.15) is 0 Å². The summed E-state index contributed by atoms with van der Waals surface area (Å²) < 4.78 is 0. The van der Waals surface area contributed by atoms with Gasteiger partial charge in [-0.3, -0.25) is 0 Å². The van der Waals surface area contributed by atoms with Crippen LogP contribution in [0, 0.1) is 5.92 Å². The maximum absolute atomic E-state index is 6.25. The molecule has 15 heavy (non-hydrogen) atoms. The zero-order valence-corrected chi connectivity index (χ0v) is 10.7. The lowest BCUT2D eigenvalue weighted by Gasteiger charge is -2.14. The van der Waals surface area contributed by atoms with Gasteiger partial charge in [0.05, 0.1) is 0 Å². The first-order chi connectivity index (χ1) is 7.04. The summed E-state index contributed by atoms with van der Waals surface area (Å²) in [6.45, 7) is 6.55. The minimum absolute atomic E-state index is 0.311. The Hall–Kier alpha value is -0.530. The van der Waals surface area contributed by atoms with Crippen LogP contribution in [-0.2, 0) is 6.42 Å². The van der Waals surface area contributed by atoms with Gasteiger partial charge in [0.2, 0.25) is 0 Å². The fraction of sp³-hybridized carbons (Fsp3) is 0.538. The molecule has 0 radical (unpaired) electrons. The molecule has 0 aliphatic rings. The number of hydrogen-bond acceptors (Lipinski definition) is 1. The smallest absolute Gasteiger partial charge is 0.0456 e. The summed E-state index contributed by atoms with van der Waals surface area (Å²) in [7, 11) is 1.95. The molecule has 0 bridgehead atoms. The first kappa shape index (κ1) is 12.5. The second kappa shape index (κ2) is 5.53. The molecule has 0 aliphatic carbocycles. The van der Waals surface area contributed by atoms with Crippen molar-refractivity contribution in [3.8, 4) is 0 Å². The lowest BCUT2D eigenvalue weighted by Crippen LogP contribution is -2.12. The average Bonchev–Trinajstić information content (AvgIpc) is 2.16. The molecule has 0 saturated heterocycles. The first-order valence-electron chi connectivity index (χ1n) is 5.50. The largest absolute Gasteiger partial charge is 0.313 e. The summed E-state index contributed by atoms with van der Waals surface area (Å²) in [4.78, 5) is 0. The Balaban J connectivity index is 2.88. The van der Waals surface area contributed by atoms with Crippen LogP contribution < -0.4 is 5.32 Å². The minimum Gasteiger partial charge on any atom is -0.313 e. The zero-order chi connectivity index (χ0) is 11.4. The highest BCUT2D eigenvalue weighted by Crippen LogP contribution is 2.24. The Morgan fingerprint density at radius 3 is 2.40 bits per heavy atom. The fourth-order valence-electron chi connectivity index (χ4n) is 1.68. The molecule has 1 nitrogen and oxygen atoms in total. The van der Waals surface area contributed by atoms with E-state index in [0.717, 1.165) is 11.4 Å². The van der Waals surface area contributed by atoms with Crippen LogP contribution in [0.4, 0.5) is 0 Å². The van der Waals surface area contributed by atoms with Crippen LogP contribution in [-0.4, -0.2) is 7.05 Å². The van der Waals surface area contributed by atoms with Crippen molar-refractivity contribution in [3.63, 3.8) is 0 Å². The summed E-state index contributed by atoms with van der Waals surface area (Å²) in [6.07, 6.45) is 1.09. The van der Waals surface area contributed by atoms with Crippen molar-refractivity contribution in [1.29, 1.82) is 0 Å². The van der Waals surface area contributed by atoms with Gasteiger partial charge in [0.25, 0.3) is 0 Å². The van der Waals surface area contributed by atoms with Crippen LogP contribution in [0.1, 0.15) is 37.9 Å². The number of halogens is 1. The van der Waals surface area contributed by atoms with E-state index in [1.54, 1.807) is 0 Å². The Morgan fingerprint density at radius 1 is 1.27 bits per heavy atom. The van der Waals surface area contributed by atoms with Crippen molar-refractivity contribution < 1.29 is 0 Å². The van der Waals surface area contributed by atoms with Gasteiger partial charge in [-0.25, -0.2) is 0 Å². The third-order valence-electron chi connectivity index (χ3n) is 2.61. The standard InChI is InChI=1S/C13H20ClN/c1-9(2)7-11-5-6-12(10(3)15-4)13(14)8-11/h5-6,8-10,15H,7H2,1-4H3. The molecule has 0 spiro atoms. The summed E-state index contributed by atoms with van der Waals surface area (Å²) in [5.74, 6) is 0.675. The van der Waals surface area contributed by atoms with Crippen LogP contribution >= 0.6 is 11.6 Å². The molecular weight excluding hydrogens is 206 g/mol. The maximum Gasteiger partial charge on any atom is 0.0456 e. The molecule has 1 atom stereocenters. The Kier molecular flexibility index (Phi) is 4.62. The fourth-order valence-corrected chi connectivity index (χ4v) is 2.04. The molecule has 0 heterocycles. The van der Waals surface area contributed by atoms with Crippen molar-refractivity contribution in [2.75, 3.05) is 7.05 Å². The molecule has 2 heteroatoms. The normalized spacial score (nSPS) is 13.2. The summed E-state index contributed by atoms with van der Waals surface area (Å²) >= 11 is 6.25. The topological polar surface area (TPSA) is 12.0 Å². The lowest BCUT2D eigenvalue weighted by molar-refractivity contribution is 0.641. The molecule has 0 aliphatic heterocycles. The van der Waals surface area contributed by atoms with Gasteiger partial charge in [0, 0.05) is 11.1 Å². The minimum atomic E-state index is 0.311. The number of hydrogen-bond donors (Lipinski definition) is 1. The van der Waals surface area contributed by atoms with E-state index >= 15 is 0 Å². The Labute approximate surface area is 97.8 Å². The molecule has 0 amide bonds. The van der Waals surface area contributed by atoms with E-state index in [-0.39, 0.29) is 0 Å². The lowest BCUT2D eigenvalue weighted by atomic mass is 10.00. The predicted molar refractivity (Wildman–Crippen MR) is 67.5 cm³/mol. The van der Waals surface area contributed by atoms with Gasteiger partial charge >= 0.3 is 0 Å². The maximum atomic E-state index is 6.25. The number of benzene rings is 1. The van der Waals surface area contributed by atoms with Gasteiger partial charge in [-0.1, -0.05) is 37.6 Å². The van der Waals surface area contributed by atoms with E-state index in [0.29, 0.717) is 12.0 Å². The highest BCUT2D eigenvalue weighted by atomic mass is 35.5. The molecule has 1 aromatic rings. The molecule has 84 valence electrons. The molecule has 1 rings (SSSR count). The SMILES string of the molecule is CNC(C)c1ccc(CC(C)C)cc1Cl. The number of rotatable bonds is 4. The van der Waals surface area contributed by atoms with Gasteiger partial charge in [-0.05, 0) is 43.5 Å². The summed E-state index contributed by atoms with van der Waals surface area (Å²) in [6, 6.07) is 6.70. The molecule has 0 saturated carbocycles. The first-order valence-corrected chi connectivity index (χ1v) is 5.88. The summed E-state index contributed by atoms with van der Waals surface area (Å²) in [5.41, 5.74) is 2.49. The molecule has 1 N–H and O–H groups in total. The van der Waals surface area contributed by atoms with E-state index in [1.807, 2.05) is 7.05 Å². The van der Waals surface area contributed by atoms with Crippen LogP contribution in [0.25, 0.3) is 0 Å². The Bertz CT molecular complexity index is 320.